The van der Waals surface area contributed by atoms with E-state index in [1.807, 2.05) is 0 Å². The first kappa shape index (κ1) is 12.2. The van der Waals surface area contributed by atoms with Crippen LogP contribution in [0, 0.1) is 0 Å². The van der Waals surface area contributed by atoms with Gasteiger partial charge in [-0.3, -0.25) is 0 Å². The Morgan fingerprint density at radius 2 is 1.69 bits per heavy atom. The molecule has 0 atom stereocenters. The molecule has 0 heterocycles. The van der Waals surface area contributed by atoms with Gasteiger partial charge >= 0.3 is 12.1 Å². The normalized spacial score (nSPS) is 12.6. The Morgan fingerprint density at radius 3 is 2.06 bits per heavy atom. The van der Waals surface area contributed by atoms with Crippen molar-refractivity contribution in [2.75, 3.05) is 0 Å². The van der Waals surface area contributed by atoms with Gasteiger partial charge in [-0.05, 0) is 23.8 Å². The first-order valence-electron chi connectivity index (χ1n) is 4.08. The number of aromatic carboxylic acids is 1. The quantitative estimate of drug-likeness (QED) is 0.797. The van der Waals surface area contributed by atoms with Crippen molar-refractivity contribution < 1.29 is 27.5 Å². The van der Waals surface area contributed by atoms with Gasteiger partial charge < -0.3 is 5.11 Å². The molecule has 0 saturated carbocycles. The van der Waals surface area contributed by atoms with Crippen molar-refractivity contribution >= 4 is 12.0 Å². The molecular weight excluding hydrogens is 228 g/mol. The van der Waals surface area contributed by atoms with Crippen LogP contribution in [-0.2, 0) is 0 Å². The molecule has 0 bridgehead atoms. The molecule has 0 aliphatic heterocycles. The summed E-state index contributed by atoms with van der Waals surface area (Å²) in [7, 11) is 0. The van der Waals surface area contributed by atoms with Gasteiger partial charge in [-0.2, -0.15) is 13.2 Å². The van der Waals surface area contributed by atoms with E-state index in [1.165, 1.54) is 0 Å². The molecule has 0 fully saturated rings. The molecule has 0 aliphatic rings. The molecule has 16 heavy (non-hydrogen) atoms. The molecule has 6 heteroatoms. The maximum Gasteiger partial charge on any atom is 0.442 e. The molecular formula is C10H6F4O2. The van der Waals surface area contributed by atoms with Gasteiger partial charge in [0, 0.05) is 0 Å². The summed E-state index contributed by atoms with van der Waals surface area (Å²) in [4.78, 5) is 10.4. The molecule has 0 amide bonds. The zero-order valence-electron chi connectivity index (χ0n) is 7.75. The zero-order chi connectivity index (χ0) is 12.3. The third-order valence-corrected chi connectivity index (χ3v) is 1.72. The number of hydrogen-bond donors (Lipinski definition) is 1. The Balaban J connectivity index is 2.96. The van der Waals surface area contributed by atoms with E-state index in [9.17, 15) is 22.4 Å². The van der Waals surface area contributed by atoms with Crippen molar-refractivity contribution in [1.82, 2.24) is 0 Å². The predicted molar refractivity (Wildman–Crippen MR) is 48.5 cm³/mol. The Bertz CT molecular complexity index is 417. The van der Waals surface area contributed by atoms with Crippen LogP contribution in [0.15, 0.2) is 30.1 Å². The summed E-state index contributed by atoms with van der Waals surface area (Å²) in [5.41, 5.74) is -0.135. The van der Waals surface area contributed by atoms with E-state index in [1.54, 1.807) is 0 Å². The van der Waals surface area contributed by atoms with Crippen molar-refractivity contribution in [3.63, 3.8) is 0 Å². The SMILES string of the molecule is O=C(O)c1ccc(/C=C(/F)C(F)(F)F)cc1. The van der Waals surface area contributed by atoms with Crippen LogP contribution in [-0.4, -0.2) is 17.3 Å². The largest absolute Gasteiger partial charge is 0.478 e. The molecule has 0 aromatic heterocycles. The Labute approximate surface area is 87.8 Å². The van der Waals surface area contributed by atoms with Crippen LogP contribution in [0.5, 0.6) is 0 Å². The average Bonchev–Trinajstić information content (AvgIpc) is 2.17. The smallest absolute Gasteiger partial charge is 0.442 e. The van der Waals surface area contributed by atoms with Gasteiger partial charge in [0.1, 0.15) is 0 Å². The summed E-state index contributed by atoms with van der Waals surface area (Å²) in [6, 6.07) is 4.37. The van der Waals surface area contributed by atoms with Crippen LogP contribution in [0.25, 0.3) is 6.08 Å². The van der Waals surface area contributed by atoms with E-state index in [2.05, 4.69) is 0 Å². The van der Waals surface area contributed by atoms with Crippen LogP contribution >= 0.6 is 0 Å². The van der Waals surface area contributed by atoms with Gasteiger partial charge in [0.05, 0.1) is 5.56 Å². The number of carboxylic acid groups (broad SMARTS) is 1. The molecule has 0 saturated heterocycles. The van der Waals surface area contributed by atoms with Crippen molar-refractivity contribution in [3.05, 3.63) is 41.2 Å². The lowest BCUT2D eigenvalue weighted by molar-refractivity contribution is -0.107. The second-order valence-electron chi connectivity index (χ2n) is 2.92. The van der Waals surface area contributed by atoms with Crippen LogP contribution in [0.4, 0.5) is 17.6 Å². The van der Waals surface area contributed by atoms with Crippen LogP contribution < -0.4 is 0 Å². The van der Waals surface area contributed by atoms with Gasteiger partial charge in [-0.1, -0.05) is 12.1 Å². The molecule has 0 radical (unpaired) electrons. The Kier molecular flexibility index (Phi) is 3.31. The highest BCUT2D eigenvalue weighted by molar-refractivity contribution is 5.87. The Morgan fingerprint density at radius 1 is 1.19 bits per heavy atom. The average molecular weight is 234 g/mol. The van der Waals surface area contributed by atoms with E-state index in [0.717, 1.165) is 24.3 Å². The number of hydrogen-bond acceptors (Lipinski definition) is 1. The van der Waals surface area contributed by atoms with Crippen molar-refractivity contribution in [2.45, 2.75) is 6.18 Å². The van der Waals surface area contributed by atoms with Gasteiger partial charge in [-0.15, -0.1) is 0 Å². The second-order valence-corrected chi connectivity index (χ2v) is 2.92. The maximum absolute atomic E-state index is 12.5. The minimum Gasteiger partial charge on any atom is -0.478 e. The number of rotatable bonds is 2. The fourth-order valence-corrected chi connectivity index (χ4v) is 0.950. The molecule has 0 unspecified atom stereocenters. The van der Waals surface area contributed by atoms with E-state index >= 15 is 0 Å². The highest BCUT2D eigenvalue weighted by Crippen LogP contribution is 2.28. The summed E-state index contributed by atoms with van der Waals surface area (Å²) in [5.74, 6) is -3.43. The van der Waals surface area contributed by atoms with Gasteiger partial charge in [0.25, 0.3) is 0 Å². The predicted octanol–water partition coefficient (Wildman–Crippen LogP) is 3.26. The minimum atomic E-state index is -5.02. The molecule has 1 aromatic carbocycles. The summed E-state index contributed by atoms with van der Waals surface area (Å²) in [6.45, 7) is 0. The first-order valence-corrected chi connectivity index (χ1v) is 4.08. The summed E-state index contributed by atoms with van der Waals surface area (Å²) < 4.78 is 47.9. The van der Waals surface area contributed by atoms with E-state index in [0.29, 0.717) is 6.08 Å². The van der Waals surface area contributed by atoms with Crippen molar-refractivity contribution in [1.29, 1.82) is 0 Å². The van der Waals surface area contributed by atoms with Crippen LogP contribution in [0.3, 0.4) is 0 Å². The molecule has 0 spiro atoms. The van der Waals surface area contributed by atoms with Gasteiger partial charge in [-0.25, -0.2) is 9.18 Å². The number of carbonyl (C=O) groups is 1. The van der Waals surface area contributed by atoms with Crippen LogP contribution in [0.1, 0.15) is 15.9 Å². The molecule has 0 aliphatic carbocycles. The zero-order valence-corrected chi connectivity index (χ0v) is 7.75. The number of alkyl halides is 3. The lowest BCUT2D eigenvalue weighted by Gasteiger charge is -2.02. The van der Waals surface area contributed by atoms with E-state index < -0.39 is 18.0 Å². The molecule has 86 valence electrons. The van der Waals surface area contributed by atoms with E-state index in [4.69, 9.17) is 5.11 Å². The molecule has 2 nitrogen and oxygen atoms in total. The third kappa shape index (κ3) is 3.08. The number of benzene rings is 1. The van der Waals surface area contributed by atoms with E-state index in [-0.39, 0.29) is 11.1 Å². The lowest BCUT2D eigenvalue weighted by Crippen LogP contribution is -2.07. The molecule has 1 rings (SSSR count). The standard InChI is InChI=1S/C10H6F4O2/c11-8(10(12,13)14)5-6-1-3-7(4-2-6)9(15)16/h1-5H,(H,15,16)/b8-5+. The summed E-state index contributed by atoms with van der Waals surface area (Å²) in [5, 5.41) is 8.52. The van der Waals surface area contributed by atoms with Gasteiger partial charge in [0.15, 0.2) is 0 Å². The first-order chi connectivity index (χ1) is 7.30. The monoisotopic (exact) mass is 234 g/mol. The summed E-state index contributed by atoms with van der Waals surface area (Å²) >= 11 is 0. The highest BCUT2D eigenvalue weighted by atomic mass is 19.4. The molecule has 1 aromatic rings. The summed E-state index contributed by atoms with van der Waals surface area (Å²) in [6.07, 6.45) is -4.73. The number of halogens is 4. The Hall–Kier alpha value is -1.85. The fraction of sp³-hybridized carbons (Fsp3) is 0.100. The van der Waals surface area contributed by atoms with Crippen molar-refractivity contribution in [3.8, 4) is 0 Å². The lowest BCUT2D eigenvalue weighted by atomic mass is 10.1. The van der Waals surface area contributed by atoms with Gasteiger partial charge in [0.2, 0.25) is 5.83 Å². The van der Waals surface area contributed by atoms with Crippen molar-refractivity contribution in [2.24, 2.45) is 0 Å². The molecule has 1 N–H and O–H groups in total. The fourth-order valence-electron chi connectivity index (χ4n) is 0.950. The topological polar surface area (TPSA) is 37.3 Å². The van der Waals surface area contributed by atoms with Crippen LogP contribution in [0.2, 0.25) is 0 Å². The third-order valence-electron chi connectivity index (χ3n) is 1.72. The number of allylic oxidation sites excluding steroid dienone is 1. The highest BCUT2D eigenvalue weighted by Gasteiger charge is 2.34. The second kappa shape index (κ2) is 4.34. The maximum atomic E-state index is 12.5. The number of carboxylic acids is 1. The minimum absolute atomic E-state index is 0.0557.